The Kier molecular flexibility index (Phi) is 4.67. The molecule has 0 fully saturated rings. The summed E-state index contributed by atoms with van der Waals surface area (Å²) in [7, 11) is -3.96. The summed E-state index contributed by atoms with van der Waals surface area (Å²) < 4.78 is 40.7. The predicted octanol–water partition coefficient (Wildman–Crippen LogP) is 4.13. The minimum absolute atomic E-state index is 0.342. The molecule has 0 unspecified atom stereocenters. The van der Waals surface area contributed by atoms with E-state index in [1.54, 1.807) is 24.3 Å². The van der Waals surface area contributed by atoms with Crippen LogP contribution in [0.2, 0.25) is 0 Å². The molecule has 0 amide bonds. The highest BCUT2D eigenvalue weighted by atomic mass is 79.9. The van der Waals surface area contributed by atoms with Crippen molar-refractivity contribution in [3.63, 3.8) is 0 Å². The van der Waals surface area contributed by atoms with Gasteiger partial charge in [0.1, 0.15) is 10.7 Å². The Hall–Kier alpha value is -1.11. The number of hydrogen-bond acceptors (Lipinski definition) is 2. The molecular weight excluding hydrogens is 369 g/mol. The van der Waals surface area contributed by atoms with Crippen molar-refractivity contribution in [1.29, 1.82) is 0 Å². The van der Waals surface area contributed by atoms with Gasteiger partial charge >= 0.3 is 0 Å². The van der Waals surface area contributed by atoms with Gasteiger partial charge in [0.25, 0.3) is 10.0 Å². The molecule has 2 aromatic rings. The summed E-state index contributed by atoms with van der Waals surface area (Å²) in [4.78, 5) is -0.401. The largest absolute Gasteiger partial charge is 0.280 e. The van der Waals surface area contributed by atoms with E-state index in [1.165, 1.54) is 12.1 Å². The number of halogens is 3. The van der Waals surface area contributed by atoms with Gasteiger partial charge in [-0.25, -0.2) is 12.8 Å². The lowest BCUT2D eigenvalue weighted by Gasteiger charge is -2.09. The highest BCUT2D eigenvalue weighted by Gasteiger charge is 2.19. The van der Waals surface area contributed by atoms with E-state index in [0.717, 1.165) is 11.6 Å². The number of anilines is 1. The summed E-state index contributed by atoms with van der Waals surface area (Å²) in [6.45, 7) is 0. The fraction of sp³-hybridized carbons (Fsp3) is 0.0769. The van der Waals surface area contributed by atoms with Crippen LogP contribution in [0.3, 0.4) is 0 Å². The lowest BCUT2D eigenvalue weighted by Crippen LogP contribution is -2.14. The van der Waals surface area contributed by atoms with Gasteiger partial charge in [0, 0.05) is 16.0 Å². The van der Waals surface area contributed by atoms with E-state index in [0.29, 0.717) is 16.0 Å². The first-order valence-electron chi connectivity index (χ1n) is 5.55. The van der Waals surface area contributed by atoms with Crippen LogP contribution in [0, 0.1) is 5.82 Å². The maximum absolute atomic E-state index is 13.7. The smallest absolute Gasteiger partial charge is 0.264 e. The second-order valence-corrected chi connectivity index (χ2v) is 6.84. The van der Waals surface area contributed by atoms with Crippen LogP contribution in [0.15, 0.2) is 51.8 Å². The Morgan fingerprint density at radius 3 is 2.35 bits per heavy atom. The van der Waals surface area contributed by atoms with Crippen molar-refractivity contribution >= 4 is 43.2 Å². The average Bonchev–Trinajstić information content (AvgIpc) is 2.38. The van der Waals surface area contributed by atoms with Gasteiger partial charge < -0.3 is 0 Å². The summed E-state index contributed by atoms with van der Waals surface area (Å²) in [6.07, 6.45) is 0. The molecule has 2 rings (SSSR count). The third-order valence-electron chi connectivity index (χ3n) is 2.54. The molecular formula is C13H10BrClFNO2S. The number of sulfonamides is 1. The van der Waals surface area contributed by atoms with Crippen LogP contribution in [0.25, 0.3) is 0 Å². The number of hydrogen-bond donors (Lipinski definition) is 1. The second kappa shape index (κ2) is 6.11. The van der Waals surface area contributed by atoms with Crippen molar-refractivity contribution in [3.05, 3.63) is 58.3 Å². The van der Waals surface area contributed by atoms with E-state index >= 15 is 0 Å². The molecule has 0 aliphatic carbocycles. The van der Waals surface area contributed by atoms with Crippen molar-refractivity contribution in [3.8, 4) is 0 Å². The Morgan fingerprint density at radius 1 is 1.15 bits per heavy atom. The van der Waals surface area contributed by atoms with Gasteiger partial charge in [-0.3, -0.25) is 4.72 Å². The van der Waals surface area contributed by atoms with E-state index in [4.69, 9.17) is 11.6 Å². The number of rotatable bonds is 4. The number of benzene rings is 2. The second-order valence-electron chi connectivity index (χ2n) is 4.01. The van der Waals surface area contributed by atoms with Crippen LogP contribution in [-0.4, -0.2) is 8.42 Å². The molecule has 0 saturated carbocycles. The van der Waals surface area contributed by atoms with E-state index in [9.17, 15) is 12.8 Å². The van der Waals surface area contributed by atoms with Crippen LogP contribution < -0.4 is 4.72 Å². The zero-order valence-electron chi connectivity index (χ0n) is 10.1. The Bertz CT molecular complexity index is 720. The molecule has 0 aliphatic heterocycles. The summed E-state index contributed by atoms with van der Waals surface area (Å²) in [5.41, 5.74) is 1.21. The molecule has 0 atom stereocenters. The molecule has 1 N–H and O–H groups in total. The Balaban J connectivity index is 2.30. The first-order valence-corrected chi connectivity index (χ1v) is 8.36. The standard InChI is InChI=1S/C13H10BrClFNO2S/c14-10-3-6-13(12(16)7-10)20(18,19)17-11-4-1-9(8-15)2-5-11/h1-7,17H,8H2. The monoisotopic (exact) mass is 377 g/mol. The third-order valence-corrected chi connectivity index (χ3v) is 4.76. The summed E-state index contributed by atoms with van der Waals surface area (Å²) >= 11 is 8.73. The van der Waals surface area contributed by atoms with Crippen LogP contribution in [-0.2, 0) is 15.9 Å². The van der Waals surface area contributed by atoms with Crippen molar-refractivity contribution in [2.24, 2.45) is 0 Å². The first-order chi connectivity index (χ1) is 9.42. The highest BCUT2D eigenvalue weighted by Crippen LogP contribution is 2.22. The van der Waals surface area contributed by atoms with Crippen molar-refractivity contribution in [1.82, 2.24) is 0 Å². The van der Waals surface area contributed by atoms with Gasteiger partial charge in [-0.1, -0.05) is 28.1 Å². The fourth-order valence-corrected chi connectivity index (χ4v) is 3.20. The van der Waals surface area contributed by atoms with Gasteiger partial charge in [0.2, 0.25) is 0 Å². The quantitative estimate of drug-likeness (QED) is 0.813. The van der Waals surface area contributed by atoms with Crippen LogP contribution in [0.5, 0.6) is 0 Å². The van der Waals surface area contributed by atoms with E-state index < -0.39 is 20.7 Å². The number of nitrogens with one attached hydrogen (secondary N) is 1. The lowest BCUT2D eigenvalue weighted by atomic mass is 10.2. The van der Waals surface area contributed by atoms with Crippen molar-refractivity contribution in [2.75, 3.05) is 4.72 Å². The average molecular weight is 379 g/mol. The summed E-state index contributed by atoms with van der Waals surface area (Å²) in [6, 6.07) is 10.3. The number of alkyl halides is 1. The molecule has 20 heavy (non-hydrogen) atoms. The molecule has 0 spiro atoms. The molecule has 0 heterocycles. The molecule has 3 nitrogen and oxygen atoms in total. The van der Waals surface area contributed by atoms with Crippen molar-refractivity contribution < 1.29 is 12.8 Å². The van der Waals surface area contributed by atoms with Crippen molar-refractivity contribution in [2.45, 2.75) is 10.8 Å². The van der Waals surface area contributed by atoms with Gasteiger partial charge in [0.15, 0.2) is 0 Å². The molecule has 106 valence electrons. The molecule has 0 aliphatic rings. The molecule has 0 aromatic heterocycles. The van der Waals surface area contributed by atoms with E-state index in [-0.39, 0.29) is 0 Å². The molecule has 0 bridgehead atoms. The Morgan fingerprint density at radius 2 is 1.80 bits per heavy atom. The third kappa shape index (κ3) is 3.50. The molecule has 0 radical (unpaired) electrons. The van der Waals surface area contributed by atoms with Gasteiger partial charge in [0.05, 0.1) is 0 Å². The molecule has 0 saturated heterocycles. The maximum Gasteiger partial charge on any atom is 0.264 e. The Labute approximate surface area is 130 Å². The van der Waals surface area contributed by atoms with Gasteiger partial charge in [-0.05, 0) is 35.9 Å². The first kappa shape index (κ1) is 15.3. The minimum Gasteiger partial charge on any atom is -0.280 e. The van der Waals surface area contributed by atoms with E-state index in [2.05, 4.69) is 20.7 Å². The zero-order chi connectivity index (χ0) is 14.8. The van der Waals surface area contributed by atoms with Crippen LogP contribution in [0.4, 0.5) is 10.1 Å². The molecule has 2 aromatic carbocycles. The SMILES string of the molecule is O=S(=O)(Nc1ccc(CCl)cc1)c1ccc(Br)cc1F. The lowest BCUT2D eigenvalue weighted by molar-refractivity contribution is 0.570. The van der Waals surface area contributed by atoms with Gasteiger partial charge in [-0.2, -0.15) is 0 Å². The predicted molar refractivity (Wildman–Crippen MR) is 80.9 cm³/mol. The highest BCUT2D eigenvalue weighted by molar-refractivity contribution is 9.10. The summed E-state index contributed by atoms with van der Waals surface area (Å²) in [5.74, 6) is -0.474. The minimum atomic E-state index is -3.96. The zero-order valence-corrected chi connectivity index (χ0v) is 13.3. The van der Waals surface area contributed by atoms with Crippen LogP contribution >= 0.6 is 27.5 Å². The summed E-state index contributed by atoms with van der Waals surface area (Å²) in [5, 5.41) is 0. The molecule has 7 heteroatoms. The van der Waals surface area contributed by atoms with Gasteiger partial charge in [-0.15, -0.1) is 11.6 Å². The fourth-order valence-electron chi connectivity index (χ4n) is 1.57. The maximum atomic E-state index is 13.7. The normalized spacial score (nSPS) is 11.3. The topological polar surface area (TPSA) is 46.2 Å². The van der Waals surface area contributed by atoms with E-state index in [1.807, 2.05) is 0 Å². The van der Waals surface area contributed by atoms with Crippen LogP contribution in [0.1, 0.15) is 5.56 Å².